The van der Waals surface area contributed by atoms with Gasteiger partial charge in [-0.05, 0) is 37.7 Å². The number of sulfone groups is 1. The van der Waals surface area contributed by atoms with Crippen molar-refractivity contribution in [3.8, 4) is 0 Å². The fraction of sp³-hybridized carbons (Fsp3) is 0.588. The minimum atomic E-state index is -3.27. The SMILES string of the molecule is CCCS(=O)(=O)CC(=O)N1CCCCC1Cc1ccccc1. The highest BCUT2D eigenvalue weighted by molar-refractivity contribution is 7.92. The van der Waals surface area contributed by atoms with Gasteiger partial charge in [-0.1, -0.05) is 37.3 Å². The maximum atomic E-state index is 12.4. The Balaban J connectivity index is 2.04. The Morgan fingerprint density at radius 2 is 1.95 bits per heavy atom. The van der Waals surface area contributed by atoms with Crippen molar-refractivity contribution in [1.29, 1.82) is 0 Å². The quantitative estimate of drug-likeness (QED) is 0.808. The molecule has 122 valence electrons. The van der Waals surface area contributed by atoms with Gasteiger partial charge in [0.1, 0.15) is 5.75 Å². The number of piperidine rings is 1. The number of carbonyl (C=O) groups excluding carboxylic acids is 1. The number of hydrogen-bond donors (Lipinski definition) is 0. The van der Waals surface area contributed by atoms with Crippen molar-refractivity contribution >= 4 is 15.7 Å². The first-order valence-corrected chi connectivity index (χ1v) is 9.88. The summed E-state index contributed by atoms with van der Waals surface area (Å²) in [6.07, 6.45) is 4.38. The van der Waals surface area contributed by atoms with Crippen molar-refractivity contribution in [2.75, 3.05) is 18.1 Å². The summed E-state index contributed by atoms with van der Waals surface area (Å²) in [5.41, 5.74) is 1.20. The van der Waals surface area contributed by atoms with Crippen molar-refractivity contribution < 1.29 is 13.2 Å². The third-order valence-corrected chi connectivity index (χ3v) is 5.84. The molecule has 1 amide bonds. The lowest BCUT2D eigenvalue weighted by atomic mass is 9.95. The van der Waals surface area contributed by atoms with E-state index in [4.69, 9.17) is 0 Å². The lowest BCUT2D eigenvalue weighted by molar-refractivity contribution is -0.132. The van der Waals surface area contributed by atoms with E-state index in [0.717, 1.165) is 25.7 Å². The average molecular weight is 323 g/mol. The van der Waals surface area contributed by atoms with Gasteiger partial charge in [0.05, 0.1) is 5.75 Å². The molecule has 0 spiro atoms. The molecule has 1 heterocycles. The maximum absolute atomic E-state index is 12.4. The van der Waals surface area contributed by atoms with Crippen molar-refractivity contribution in [2.45, 2.75) is 45.1 Å². The van der Waals surface area contributed by atoms with Crippen molar-refractivity contribution in [2.24, 2.45) is 0 Å². The van der Waals surface area contributed by atoms with Crippen LogP contribution in [-0.2, 0) is 21.1 Å². The predicted octanol–water partition coefficient (Wildman–Crippen LogP) is 2.43. The lowest BCUT2D eigenvalue weighted by Gasteiger charge is -2.36. The second kappa shape index (κ2) is 7.77. The standard InChI is InChI=1S/C17H25NO3S/c1-2-12-22(20,21)14-17(19)18-11-7-6-10-16(18)13-15-8-4-3-5-9-15/h3-5,8-9,16H,2,6-7,10-14H2,1H3. The Hall–Kier alpha value is -1.36. The number of likely N-dealkylation sites (tertiary alicyclic amines) is 1. The van der Waals surface area contributed by atoms with Gasteiger partial charge in [0.25, 0.3) is 0 Å². The highest BCUT2D eigenvalue weighted by atomic mass is 32.2. The Labute approximate surface area is 133 Å². The summed E-state index contributed by atoms with van der Waals surface area (Å²) in [6.45, 7) is 2.50. The number of rotatable bonds is 6. The van der Waals surface area contributed by atoms with E-state index in [1.807, 2.05) is 25.1 Å². The summed E-state index contributed by atoms with van der Waals surface area (Å²) >= 11 is 0. The van der Waals surface area contributed by atoms with E-state index in [-0.39, 0.29) is 23.5 Å². The molecule has 4 nitrogen and oxygen atoms in total. The molecular weight excluding hydrogens is 298 g/mol. The smallest absolute Gasteiger partial charge is 0.238 e. The third kappa shape index (κ3) is 4.83. The van der Waals surface area contributed by atoms with Gasteiger partial charge < -0.3 is 4.90 Å². The maximum Gasteiger partial charge on any atom is 0.238 e. The van der Waals surface area contributed by atoms with Crippen LogP contribution in [0.2, 0.25) is 0 Å². The molecule has 1 aliphatic heterocycles. The number of benzene rings is 1. The lowest BCUT2D eigenvalue weighted by Crippen LogP contribution is -2.47. The van der Waals surface area contributed by atoms with Gasteiger partial charge in [0.15, 0.2) is 9.84 Å². The molecule has 22 heavy (non-hydrogen) atoms. The van der Waals surface area contributed by atoms with Crippen molar-refractivity contribution in [1.82, 2.24) is 4.90 Å². The van der Waals surface area contributed by atoms with Crippen LogP contribution in [0.4, 0.5) is 0 Å². The zero-order chi connectivity index (χ0) is 16.0. The molecule has 0 saturated carbocycles. The van der Waals surface area contributed by atoms with Crippen LogP contribution in [0.25, 0.3) is 0 Å². The Bertz CT molecular complexity index is 583. The largest absolute Gasteiger partial charge is 0.339 e. The topological polar surface area (TPSA) is 54.5 Å². The minimum absolute atomic E-state index is 0.0932. The molecule has 1 aliphatic rings. The highest BCUT2D eigenvalue weighted by Crippen LogP contribution is 2.21. The molecule has 0 radical (unpaired) electrons. The highest BCUT2D eigenvalue weighted by Gasteiger charge is 2.29. The number of hydrogen-bond acceptors (Lipinski definition) is 3. The summed E-state index contributed by atoms with van der Waals surface area (Å²) in [5, 5.41) is 0. The van der Waals surface area contributed by atoms with Gasteiger partial charge in [-0.15, -0.1) is 0 Å². The van der Waals surface area contributed by atoms with E-state index in [1.54, 1.807) is 4.90 Å². The van der Waals surface area contributed by atoms with Crippen molar-refractivity contribution in [3.05, 3.63) is 35.9 Å². The normalized spacial score (nSPS) is 19.1. The molecule has 0 N–H and O–H groups in total. The van der Waals surface area contributed by atoms with E-state index < -0.39 is 9.84 Å². The first kappa shape index (κ1) is 17.0. The molecule has 0 aromatic heterocycles. The second-order valence-electron chi connectivity index (χ2n) is 6.02. The zero-order valence-corrected chi connectivity index (χ0v) is 14.0. The summed E-state index contributed by atoms with van der Waals surface area (Å²) < 4.78 is 23.8. The number of carbonyl (C=O) groups is 1. The first-order chi connectivity index (χ1) is 10.5. The van der Waals surface area contributed by atoms with Crippen LogP contribution in [-0.4, -0.2) is 43.3 Å². The molecule has 1 fully saturated rings. The fourth-order valence-electron chi connectivity index (χ4n) is 3.08. The van der Waals surface area contributed by atoms with Crippen LogP contribution < -0.4 is 0 Å². The Morgan fingerprint density at radius 1 is 1.23 bits per heavy atom. The summed E-state index contributed by atoms with van der Waals surface area (Å²) in [7, 11) is -3.27. The van der Waals surface area contributed by atoms with E-state index >= 15 is 0 Å². The van der Waals surface area contributed by atoms with E-state index in [9.17, 15) is 13.2 Å². The predicted molar refractivity (Wildman–Crippen MR) is 88.4 cm³/mol. The molecule has 0 aliphatic carbocycles. The molecular formula is C17H25NO3S. The van der Waals surface area contributed by atoms with E-state index in [0.29, 0.717) is 13.0 Å². The Morgan fingerprint density at radius 3 is 2.64 bits per heavy atom. The van der Waals surface area contributed by atoms with Crippen LogP contribution in [0.1, 0.15) is 38.2 Å². The van der Waals surface area contributed by atoms with Gasteiger partial charge in [0.2, 0.25) is 5.91 Å². The molecule has 2 rings (SSSR count). The summed E-state index contributed by atoms with van der Waals surface area (Å²) in [5.74, 6) is -0.476. The average Bonchev–Trinajstić information content (AvgIpc) is 2.48. The molecule has 1 aromatic rings. The third-order valence-electron chi connectivity index (χ3n) is 4.12. The van der Waals surface area contributed by atoms with E-state index in [2.05, 4.69) is 12.1 Å². The number of amides is 1. The van der Waals surface area contributed by atoms with Gasteiger partial charge in [-0.3, -0.25) is 4.79 Å². The molecule has 1 unspecified atom stereocenters. The molecule has 1 saturated heterocycles. The van der Waals surface area contributed by atoms with Crippen LogP contribution in [0.3, 0.4) is 0 Å². The summed E-state index contributed by atoms with van der Waals surface area (Å²) in [6, 6.07) is 10.2. The van der Waals surface area contributed by atoms with Crippen LogP contribution in [0.15, 0.2) is 30.3 Å². The second-order valence-corrected chi connectivity index (χ2v) is 8.20. The fourth-order valence-corrected chi connectivity index (χ4v) is 4.39. The van der Waals surface area contributed by atoms with Gasteiger partial charge in [-0.2, -0.15) is 0 Å². The molecule has 1 atom stereocenters. The van der Waals surface area contributed by atoms with Crippen molar-refractivity contribution in [3.63, 3.8) is 0 Å². The minimum Gasteiger partial charge on any atom is -0.339 e. The van der Waals surface area contributed by atoms with Crippen LogP contribution in [0.5, 0.6) is 0 Å². The Kier molecular flexibility index (Phi) is 6.00. The van der Waals surface area contributed by atoms with Gasteiger partial charge in [-0.25, -0.2) is 8.42 Å². The number of nitrogens with zero attached hydrogens (tertiary/aromatic N) is 1. The van der Waals surface area contributed by atoms with Gasteiger partial charge in [0, 0.05) is 12.6 Å². The van der Waals surface area contributed by atoms with Gasteiger partial charge >= 0.3 is 0 Å². The molecule has 1 aromatic carbocycles. The van der Waals surface area contributed by atoms with Crippen LogP contribution >= 0.6 is 0 Å². The molecule has 0 bridgehead atoms. The zero-order valence-electron chi connectivity index (χ0n) is 13.2. The first-order valence-electron chi connectivity index (χ1n) is 8.05. The van der Waals surface area contributed by atoms with E-state index in [1.165, 1.54) is 5.56 Å². The summed E-state index contributed by atoms with van der Waals surface area (Å²) in [4.78, 5) is 14.2. The molecule has 5 heteroatoms. The van der Waals surface area contributed by atoms with Crippen LogP contribution in [0, 0.1) is 0 Å². The monoisotopic (exact) mass is 323 g/mol.